The number of pyridine rings is 1. The maximum atomic E-state index is 9.17. The number of benzene rings is 1. The van der Waals surface area contributed by atoms with Crippen molar-refractivity contribution in [2.45, 2.75) is 12.8 Å². The van der Waals surface area contributed by atoms with Gasteiger partial charge in [0.05, 0.1) is 12.2 Å². The summed E-state index contributed by atoms with van der Waals surface area (Å²) in [6, 6.07) is 15.8. The number of hydrogen-bond acceptors (Lipinski definition) is 4. The lowest BCUT2D eigenvalue weighted by molar-refractivity contribution is 0.222. The summed E-state index contributed by atoms with van der Waals surface area (Å²) in [7, 11) is 0. The van der Waals surface area contributed by atoms with E-state index in [2.05, 4.69) is 16.0 Å². The molecule has 0 saturated carbocycles. The van der Waals surface area contributed by atoms with Crippen LogP contribution in [0.5, 0.6) is 5.75 Å². The summed E-state index contributed by atoms with van der Waals surface area (Å²) in [5, 5.41) is 9.17. The number of nitriles is 1. The minimum Gasteiger partial charge on any atom is -0.493 e. The fraction of sp³-hybridized carbons (Fsp3) is 0.333. The minimum atomic E-state index is 0.561. The van der Waals surface area contributed by atoms with Gasteiger partial charge in [0.1, 0.15) is 17.6 Å². The maximum Gasteiger partial charge on any atom is 0.146 e. The highest BCUT2D eigenvalue weighted by molar-refractivity contribution is 5.53. The van der Waals surface area contributed by atoms with Gasteiger partial charge >= 0.3 is 0 Å². The van der Waals surface area contributed by atoms with Gasteiger partial charge in [-0.25, -0.2) is 4.98 Å². The van der Waals surface area contributed by atoms with Crippen molar-refractivity contribution in [3.05, 3.63) is 54.2 Å². The third-order valence-corrected chi connectivity index (χ3v) is 4.05. The van der Waals surface area contributed by atoms with E-state index in [1.54, 1.807) is 6.20 Å². The molecule has 0 bridgehead atoms. The highest BCUT2D eigenvalue weighted by Crippen LogP contribution is 2.24. The second kappa shape index (κ2) is 6.95. The number of aromatic nitrogens is 1. The molecule has 0 amide bonds. The van der Waals surface area contributed by atoms with Crippen molar-refractivity contribution in [3.8, 4) is 11.8 Å². The fourth-order valence-electron chi connectivity index (χ4n) is 2.78. The van der Waals surface area contributed by atoms with E-state index in [1.807, 2.05) is 42.5 Å². The molecule has 112 valence electrons. The van der Waals surface area contributed by atoms with Crippen molar-refractivity contribution in [2.24, 2.45) is 5.92 Å². The Morgan fingerprint density at radius 3 is 2.64 bits per heavy atom. The first-order chi connectivity index (χ1) is 10.9. The van der Waals surface area contributed by atoms with E-state index in [9.17, 15) is 5.26 Å². The van der Waals surface area contributed by atoms with Gasteiger partial charge in [-0.05, 0) is 43.0 Å². The van der Waals surface area contributed by atoms with E-state index >= 15 is 0 Å². The molecule has 2 heterocycles. The van der Waals surface area contributed by atoms with Gasteiger partial charge in [0.15, 0.2) is 0 Å². The summed E-state index contributed by atoms with van der Waals surface area (Å²) < 4.78 is 5.84. The average Bonchev–Trinajstić information content (AvgIpc) is 2.61. The number of rotatable bonds is 4. The number of anilines is 1. The molecular weight excluding hydrogens is 274 g/mol. The summed E-state index contributed by atoms with van der Waals surface area (Å²) in [6.45, 7) is 2.61. The lowest BCUT2D eigenvalue weighted by atomic mass is 9.97. The zero-order valence-electron chi connectivity index (χ0n) is 12.5. The molecule has 1 saturated heterocycles. The largest absolute Gasteiger partial charge is 0.493 e. The van der Waals surface area contributed by atoms with Gasteiger partial charge in [0.2, 0.25) is 0 Å². The number of para-hydroxylation sites is 1. The molecule has 0 atom stereocenters. The zero-order chi connectivity index (χ0) is 15.2. The van der Waals surface area contributed by atoms with Crippen molar-refractivity contribution < 1.29 is 4.74 Å². The highest BCUT2D eigenvalue weighted by Gasteiger charge is 2.22. The van der Waals surface area contributed by atoms with Crippen LogP contribution in [0.1, 0.15) is 18.4 Å². The Bertz CT molecular complexity index is 643. The average molecular weight is 293 g/mol. The Balaban J connectivity index is 1.53. The standard InChI is InChI=1S/C18H19N3O/c19-13-16-5-4-10-20-18(16)21-11-8-15(9-12-21)14-22-17-6-2-1-3-7-17/h1-7,10,15H,8-9,11-12,14H2. The van der Waals surface area contributed by atoms with E-state index in [1.165, 1.54) is 0 Å². The van der Waals surface area contributed by atoms with Crippen LogP contribution < -0.4 is 9.64 Å². The Kier molecular flexibility index (Phi) is 4.55. The first-order valence-corrected chi connectivity index (χ1v) is 7.65. The van der Waals surface area contributed by atoms with Crippen LogP contribution in [-0.2, 0) is 0 Å². The van der Waals surface area contributed by atoms with Gasteiger partial charge in [-0.15, -0.1) is 0 Å². The molecule has 0 spiro atoms. The lowest BCUT2D eigenvalue weighted by Gasteiger charge is -2.33. The van der Waals surface area contributed by atoms with Gasteiger partial charge in [-0.3, -0.25) is 0 Å². The third-order valence-electron chi connectivity index (χ3n) is 4.05. The molecule has 1 aliphatic heterocycles. The molecule has 0 unspecified atom stereocenters. The van der Waals surface area contributed by atoms with Crippen molar-refractivity contribution >= 4 is 5.82 Å². The van der Waals surface area contributed by atoms with Crippen molar-refractivity contribution in [2.75, 3.05) is 24.6 Å². The van der Waals surface area contributed by atoms with Gasteiger partial charge in [-0.1, -0.05) is 18.2 Å². The predicted octanol–water partition coefficient (Wildman–Crippen LogP) is 3.25. The van der Waals surface area contributed by atoms with Crippen LogP contribution in [0, 0.1) is 17.2 Å². The van der Waals surface area contributed by atoms with Crippen LogP contribution in [0.15, 0.2) is 48.7 Å². The number of hydrogen-bond donors (Lipinski definition) is 0. The van der Waals surface area contributed by atoms with Crippen LogP contribution in [0.3, 0.4) is 0 Å². The molecule has 22 heavy (non-hydrogen) atoms. The summed E-state index contributed by atoms with van der Waals surface area (Å²) in [4.78, 5) is 6.57. The van der Waals surface area contributed by atoms with Crippen molar-refractivity contribution in [3.63, 3.8) is 0 Å². The van der Waals surface area contributed by atoms with Gasteiger partial charge in [0.25, 0.3) is 0 Å². The molecule has 0 N–H and O–H groups in total. The van der Waals surface area contributed by atoms with Crippen LogP contribution in [0.4, 0.5) is 5.82 Å². The molecule has 0 aliphatic carbocycles. The minimum absolute atomic E-state index is 0.561. The lowest BCUT2D eigenvalue weighted by Crippen LogP contribution is -2.36. The predicted molar refractivity (Wildman–Crippen MR) is 85.8 cm³/mol. The smallest absolute Gasteiger partial charge is 0.146 e. The highest BCUT2D eigenvalue weighted by atomic mass is 16.5. The number of piperidine rings is 1. The summed E-state index contributed by atoms with van der Waals surface area (Å²) in [6.07, 6.45) is 3.88. The first kappa shape index (κ1) is 14.4. The molecule has 3 rings (SSSR count). The van der Waals surface area contributed by atoms with Crippen LogP contribution in [0.25, 0.3) is 0 Å². The monoisotopic (exact) mass is 293 g/mol. The van der Waals surface area contributed by atoms with Crippen LogP contribution >= 0.6 is 0 Å². The quantitative estimate of drug-likeness (QED) is 0.868. The molecule has 0 radical (unpaired) electrons. The second-order valence-corrected chi connectivity index (χ2v) is 5.54. The first-order valence-electron chi connectivity index (χ1n) is 7.65. The van der Waals surface area contributed by atoms with Gasteiger partial charge in [0, 0.05) is 19.3 Å². The van der Waals surface area contributed by atoms with E-state index in [-0.39, 0.29) is 0 Å². The number of ether oxygens (including phenoxy) is 1. The van der Waals surface area contributed by atoms with Gasteiger partial charge < -0.3 is 9.64 Å². The molecule has 1 aromatic heterocycles. The molecule has 1 aliphatic rings. The van der Waals surface area contributed by atoms with E-state index in [4.69, 9.17) is 4.74 Å². The Labute approximate surface area is 131 Å². The van der Waals surface area contributed by atoms with E-state index in [0.717, 1.165) is 44.1 Å². The number of nitrogens with zero attached hydrogens (tertiary/aromatic N) is 3. The molecule has 4 nitrogen and oxygen atoms in total. The third kappa shape index (κ3) is 3.37. The SMILES string of the molecule is N#Cc1cccnc1N1CCC(COc2ccccc2)CC1. The Morgan fingerprint density at radius 2 is 1.91 bits per heavy atom. The summed E-state index contributed by atoms with van der Waals surface area (Å²) in [5.74, 6) is 2.31. The molecule has 2 aromatic rings. The zero-order valence-corrected chi connectivity index (χ0v) is 12.5. The van der Waals surface area contributed by atoms with Crippen molar-refractivity contribution in [1.82, 2.24) is 4.98 Å². The normalized spacial score (nSPS) is 15.3. The molecule has 4 heteroatoms. The van der Waals surface area contributed by atoms with Crippen LogP contribution in [-0.4, -0.2) is 24.7 Å². The Hall–Kier alpha value is -2.54. The summed E-state index contributed by atoms with van der Waals surface area (Å²) in [5.41, 5.74) is 0.654. The maximum absolute atomic E-state index is 9.17. The van der Waals surface area contributed by atoms with E-state index in [0.29, 0.717) is 11.5 Å². The van der Waals surface area contributed by atoms with Crippen molar-refractivity contribution in [1.29, 1.82) is 5.26 Å². The summed E-state index contributed by atoms with van der Waals surface area (Å²) >= 11 is 0. The van der Waals surface area contributed by atoms with Crippen LogP contribution in [0.2, 0.25) is 0 Å². The molecule has 1 aromatic carbocycles. The van der Waals surface area contributed by atoms with E-state index < -0.39 is 0 Å². The topological polar surface area (TPSA) is 49.2 Å². The second-order valence-electron chi connectivity index (χ2n) is 5.54. The molecular formula is C18H19N3O. The fourth-order valence-corrected chi connectivity index (χ4v) is 2.78. The van der Waals surface area contributed by atoms with Gasteiger partial charge in [-0.2, -0.15) is 5.26 Å². The Morgan fingerprint density at radius 1 is 1.14 bits per heavy atom. The molecule has 1 fully saturated rings.